The quantitative estimate of drug-likeness (QED) is 0.780. The lowest BCUT2D eigenvalue weighted by atomic mass is 10.1. The number of hydrogen-bond donors (Lipinski definition) is 1. The van der Waals surface area contributed by atoms with Crippen LogP contribution in [0.4, 0.5) is 19.1 Å². The van der Waals surface area contributed by atoms with Gasteiger partial charge in [-0.3, -0.25) is 4.68 Å². The monoisotopic (exact) mass is 347 g/mol. The largest absolute Gasteiger partial charge is 0.433 e. The molecular formula is C17H16F3N5. The van der Waals surface area contributed by atoms with Gasteiger partial charge in [0.25, 0.3) is 0 Å². The molecule has 2 aromatic heterocycles. The number of hydrogen-bond acceptors (Lipinski definition) is 4. The molecule has 2 heterocycles. The molecule has 0 fully saturated rings. The SMILES string of the molecule is Cc1nn(C)cc1-c1cc(C(F)(F)F)nc(NCc2ccccc2)n1. The average Bonchev–Trinajstić information content (AvgIpc) is 2.91. The summed E-state index contributed by atoms with van der Waals surface area (Å²) in [5.74, 6) is -0.0723. The van der Waals surface area contributed by atoms with Gasteiger partial charge in [-0.15, -0.1) is 0 Å². The molecule has 0 aliphatic heterocycles. The fraction of sp³-hybridized carbons (Fsp3) is 0.235. The fourth-order valence-corrected chi connectivity index (χ4v) is 2.44. The van der Waals surface area contributed by atoms with E-state index in [0.29, 0.717) is 17.8 Å². The first-order chi connectivity index (χ1) is 11.8. The predicted molar refractivity (Wildman–Crippen MR) is 87.7 cm³/mol. The molecule has 0 aliphatic rings. The molecule has 0 unspecified atom stereocenters. The molecule has 0 radical (unpaired) electrons. The van der Waals surface area contributed by atoms with Gasteiger partial charge in [-0.25, -0.2) is 9.97 Å². The maximum atomic E-state index is 13.2. The number of halogens is 3. The van der Waals surface area contributed by atoms with Gasteiger partial charge >= 0.3 is 6.18 Å². The zero-order chi connectivity index (χ0) is 18.0. The van der Waals surface area contributed by atoms with Crippen molar-refractivity contribution in [2.45, 2.75) is 19.6 Å². The van der Waals surface area contributed by atoms with E-state index in [4.69, 9.17) is 0 Å². The van der Waals surface area contributed by atoms with E-state index >= 15 is 0 Å². The van der Waals surface area contributed by atoms with E-state index in [2.05, 4.69) is 20.4 Å². The van der Waals surface area contributed by atoms with Crippen LogP contribution >= 0.6 is 0 Å². The van der Waals surface area contributed by atoms with Gasteiger partial charge in [-0.1, -0.05) is 30.3 Å². The third-order valence-corrected chi connectivity index (χ3v) is 3.60. The van der Waals surface area contributed by atoms with Crippen LogP contribution in [0.3, 0.4) is 0 Å². The molecule has 0 saturated carbocycles. The van der Waals surface area contributed by atoms with Crippen molar-refractivity contribution in [3.63, 3.8) is 0 Å². The molecule has 3 aromatic rings. The Bertz CT molecular complexity index is 872. The van der Waals surface area contributed by atoms with Crippen molar-refractivity contribution in [1.82, 2.24) is 19.7 Å². The molecule has 0 spiro atoms. The first-order valence-corrected chi connectivity index (χ1v) is 7.57. The summed E-state index contributed by atoms with van der Waals surface area (Å²) in [5.41, 5.74) is 1.25. The van der Waals surface area contributed by atoms with Gasteiger partial charge in [0.15, 0.2) is 5.69 Å². The number of nitrogens with one attached hydrogen (secondary N) is 1. The third kappa shape index (κ3) is 3.96. The highest BCUT2D eigenvalue weighted by Gasteiger charge is 2.34. The second-order valence-corrected chi connectivity index (χ2v) is 5.60. The molecule has 0 amide bonds. The zero-order valence-electron chi connectivity index (χ0n) is 13.7. The van der Waals surface area contributed by atoms with Crippen molar-refractivity contribution in [1.29, 1.82) is 0 Å². The highest BCUT2D eigenvalue weighted by Crippen LogP contribution is 2.31. The van der Waals surface area contributed by atoms with E-state index in [1.54, 1.807) is 20.2 Å². The fourth-order valence-electron chi connectivity index (χ4n) is 2.44. The topological polar surface area (TPSA) is 55.6 Å². The van der Waals surface area contributed by atoms with Crippen LogP contribution in [-0.4, -0.2) is 19.7 Å². The number of nitrogens with zero attached hydrogens (tertiary/aromatic N) is 4. The van der Waals surface area contributed by atoms with E-state index in [0.717, 1.165) is 11.6 Å². The first-order valence-electron chi connectivity index (χ1n) is 7.57. The first kappa shape index (κ1) is 16.9. The minimum Gasteiger partial charge on any atom is -0.350 e. The van der Waals surface area contributed by atoms with E-state index in [1.165, 1.54) is 4.68 Å². The maximum Gasteiger partial charge on any atom is 0.433 e. The molecule has 0 atom stereocenters. The number of alkyl halides is 3. The molecule has 25 heavy (non-hydrogen) atoms. The maximum absolute atomic E-state index is 13.2. The van der Waals surface area contributed by atoms with Crippen molar-refractivity contribution < 1.29 is 13.2 Å². The Hall–Kier alpha value is -2.90. The summed E-state index contributed by atoms with van der Waals surface area (Å²) in [5, 5.41) is 7.02. The van der Waals surface area contributed by atoms with Crippen LogP contribution in [0.15, 0.2) is 42.6 Å². The third-order valence-electron chi connectivity index (χ3n) is 3.60. The Labute approximate surface area is 142 Å². The van der Waals surface area contributed by atoms with Gasteiger partial charge in [0.1, 0.15) is 0 Å². The minimum atomic E-state index is -4.56. The molecule has 0 saturated heterocycles. The Morgan fingerprint density at radius 1 is 1.12 bits per heavy atom. The predicted octanol–water partition coefficient (Wildman–Crippen LogP) is 3.82. The highest BCUT2D eigenvalue weighted by molar-refractivity contribution is 5.62. The Kier molecular flexibility index (Phi) is 4.43. The standard InChI is InChI=1S/C17H16F3N5/c1-11-13(10-25(2)24-11)14-8-15(17(18,19)20)23-16(22-14)21-9-12-6-4-3-5-7-12/h3-8,10H,9H2,1-2H3,(H,21,22,23). The zero-order valence-corrected chi connectivity index (χ0v) is 13.7. The van der Waals surface area contributed by atoms with Crippen molar-refractivity contribution in [2.75, 3.05) is 5.32 Å². The Balaban J connectivity index is 1.97. The van der Waals surface area contributed by atoms with Crippen LogP contribution < -0.4 is 5.32 Å². The van der Waals surface area contributed by atoms with Gasteiger partial charge in [0.2, 0.25) is 5.95 Å². The minimum absolute atomic E-state index is 0.0723. The molecule has 130 valence electrons. The Morgan fingerprint density at radius 3 is 2.44 bits per heavy atom. The summed E-state index contributed by atoms with van der Waals surface area (Å²) in [4.78, 5) is 7.84. The molecule has 5 nitrogen and oxygen atoms in total. The van der Waals surface area contributed by atoms with Gasteiger partial charge in [-0.05, 0) is 18.6 Å². The summed E-state index contributed by atoms with van der Waals surface area (Å²) in [6, 6.07) is 10.3. The summed E-state index contributed by atoms with van der Waals surface area (Å²) in [6.07, 6.45) is -2.92. The average molecular weight is 347 g/mol. The second-order valence-electron chi connectivity index (χ2n) is 5.60. The molecule has 1 aromatic carbocycles. The van der Waals surface area contributed by atoms with Gasteiger partial charge in [-0.2, -0.15) is 18.3 Å². The number of anilines is 1. The van der Waals surface area contributed by atoms with E-state index in [-0.39, 0.29) is 11.6 Å². The number of aryl methyl sites for hydroxylation is 2. The van der Waals surface area contributed by atoms with Crippen LogP contribution in [0.5, 0.6) is 0 Å². The normalized spacial score (nSPS) is 11.6. The number of aromatic nitrogens is 4. The van der Waals surface area contributed by atoms with E-state index in [1.807, 2.05) is 30.3 Å². The van der Waals surface area contributed by atoms with E-state index < -0.39 is 11.9 Å². The van der Waals surface area contributed by atoms with Gasteiger partial charge in [0.05, 0.1) is 11.4 Å². The van der Waals surface area contributed by atoms with Crippen LogP contribution in [0.25, 0.3) is 11.3 Å². The number of benzene rings is 1. The van der Waals surface area contributed by atoms with Crippen LogP contribution in [0.1, 0.15) is 17.0 Å². The lowest BCUT2D eigenvalue weighted by Crippen LogP contribution is -2.12. The summed E-state index contributed by atoms with van der Waals surface area (Å²) >= 11 is 0. The van der Waals surface area contributed by atoms with E-state index in [9.17, 15) is 13.2 Å². The summed E-state index contributed by atoms with van der Waals surface area (Å²) < 4.78 is 41.1. The molecule has 8 heteroatoms. The molecule has 1 N–H and O–H groups in total. The van der Waals surface area contributed by atoms with Gasteiger partial charge < -0.3 is 5.32 Å². The highest BCUT2D eigenvalue weighted by atomic mass is 19.4. The molecular weight excluding hydrogens is 331 g/mol. The van der Waals surface area contributed by atoms with Gasteiger partial charge in [0, 0.05) is 25.4 Å². The van der Waals surface area contributed by atoms with Crippen LogP contribution in [0.2, 0.25) is 0 Å². The smallest absolute Gasteiger partial charge is 0.350 e. The lowest BCUT2D eigenvalue weighted by Gasteiger charge is -2.11. The molecule has 0 aliphatic carbocycles. The lowest BCUT2D eigenvalue weighted by molar-refractivity contribution is -0.141. The van der Waals surface area contributed by atoms with Crippen molar-refractivity contribution in [3.8, 4) is 11.3 Å². The van der Waals surface area contributed by atoms with Crippen molar-refractivity contribution in [2.24, 2.45) is 7.05 Å². The van der Waals surface area contributed by atoms with Crippen molar-refractivity contribution >= 4 is 5.95 Å². The Morgan fingerprint density at radius 2 is 1.84 bits per heavy atom. The summed E-state index contributed by atoms with van der Waals surface area (Å²) in [6.45, 7) is 2.05. The van der Waals surface area contributed by atoms with Crippen LogP contribution in [0, 0.1) is 6.92 Å². The number of rotatable bonds is 4. The molecule has 0 bridgehead atoms. The second kappa shape index (κ2) is 6.54. The molecule has 3 rings (SSSR count). The summed E-state index contributed by atoms with van der Waals surface area (Å²) in [7, 11) is 1.71. The van der Waals surface area contributed by atoms with Crippen molar-refractivity contribution in [3.05, 3.63) is 59.5 Å². The van der Waals surface area contributed by atoms with Crippen LogP contribution in [-0.2, 0) is 19.8 Å².